The van der Waals surface area contributed by atoms with Crippen LogP contribution < -0.4 is 5.73 Å². The molecule has 0 amide bonds. The van der Waals surface area contributed by atoms with Crippen molar-refractivity contribution >= 4 is 11.8 Å². The molecule has 1 saturated heterocycles. The van der Waals surface area contributed by atoms with Gasteiger partial charge >= 0.3 is 0 Å². The molecule has 0 aliphatic carbocycles. The van der Waals surface area contributed by atoms with Crippen molar-refractivity contribution in [3.8, 4) is 0 Å². The summed E-state index contributed by atoms with van der Waals surface area (Å²) in [6.45, 7) is 0. The maximum Gasteiger partial charge on any atom is 0.0312 e. The van der Waals surface area contributed by atoms with Crippen LogP contribution >= 0.6 is 11.8 Å². The third-order valence-electron chi connectivity index (χ3n) is 2.50. The minimum Gasteiger partial charge on any atom is -0.328 e. The van der Waals surface area contributed by atoms with Gasteiger partial charge in [0.15, 0.2) is 0 Å². The Morgan fingerprint density at radius 2 is 2.00 bits per heavy atom. The molecule has 2 atom stereocenters. The lowest BCUT2D eigenvalue weighted by atomic mass is 10.0. The number of thioether (sulfide) groups is 1. The second kappa shape index (κ2) is 4.16. The van der Waals surface area contributed by atoms with Gasteiger partial charge in [0, 0.05) is 11.3 Å². The summed E-state index contributed by atoms with van der Waals surface area (Å²) in [6.07, 6.45) is 2.31. The van der Waals surface area contributed by atoms with E-state index in [1.54, 1.807) is 0 Å². The summed E-state index contributed by atoms with van der Waals surface area (Å²) in [5.41, 5.74) is 7.38. The SMILES string of the molecule is NC1CCSC(c2ccccc2)C1. The highest BCUT2D eigenvalue weighted by Gasteiger charge is 2.20. The van der Waals surface area contributed by atoms with Gasteiger partial charge in [0.1, 0.15) is 0 Å². The molecule has 1 aromatic rings. The van der Waals surface area contributed by atoms with E-state index in [9.17, 15) is 0 Å². The Labute approximate surface area is 83.7 Å². The zero-order chi connectivity index (χ0) is 9.10. The lowest BCUT2D eigenvalue weighted by Crippen LogP contribution is -2.26. The van der Waals surface area contributed by atoms with Crippen molar-refractivity contribution < 1.29 is 0 Å². The van der Waals surface area contributed by atoms with Crippen molar-refractivity contribution in [3.63, 3.8) is 0 Å². The molecule has 1 heterocycles. The fourth-order valence-corrected chi connectivity index (χ4v) is 3.18. The Bertz CT molecular complexity index is 260. The van der Waals surface area contributed by atoms with Crippen LogP contribution in [0.5, 0.6) is 0 Å². The van der Waals surface area contributed by atoms with Crippen molar-refractivity contribution in [2.45, 2.75) is 24.1 Å². The molecule has 2 rings (SSSR count). The smallest absolute Gasteiger partial charge is 0.0312 e. The van der Waals surface area contributed by atoms with Crippen LogP contribution in [0.15, 0.2) is 30.3 Å². The van der Waals surface area contributed by atoms with E-state index in [-0.39, 0.29) is 0 Å². The topological polar surface area (TPSA) is 26.0 Å². The molecule has 1 aliphatic heterocycles. The molecule has 0 bridgehead atoms. The van der Waals surface area contributed by atoms with Gasteiger partial charge in [0.2, 0.25) is 0 Å². The number of hydrogen-bond acceptors (Lipinski definition) is 2. The number of nitrogens with two attached hydrogens (primary N) is 1. The molecular weight excluding hydrogens is 178 g/mol. The van der Waals surface area contributed by atoms with Crippen LogP contribution in [0.1, 0.15) is 23.7 Å². The largest absolute Gasteiger partial charge is 0.328 e. The van der Waals surface area contributed by atoms with Crippen LogP contribution in [0.2, 0.25) is 0 Å². The zero-order valence-electron chi connectivity index (χ0n) is 7.65. The summed E-state index contributed by atoms with van der Waals surface area (Å²) in [5, 5.41) is 0.630. The van der Waals surface area contributed by atoms with E-state index < -0.39 is 0 Å². The van der Waals surface area contributed by atoms with E-state index in [0.717, 1.165) is 6.42 Å². The van der Waals surface area contributed by atoms with E-state index in [0.29, 0.717) is 11.3 Å². The standard InChI is InChI=1S/C11H15NS/c12-10-6-7-13-11(8-10)9-4-2-1-3-5-9/h1-5,10-11H,6-8,12H2. The third-order valence-corrected chi connectivity index (χ3v) is 3.83. The summed E-state index contributed by atoms with van der Waals surface area (Å²) in [5.74, 6) is 1.21. The first-order chi connectivity index (χ1) is 6.36. The molecule has 2 unspecified atom stereocenters. The summed E-state index contributed by atoms with van der Waals surface area (Å²) in [6, 6.07) is 11.1. The van der Waals surface area contributed by atoms with Gasteiger partial charge in [-0.15, -0.1) is 0 Å². The molecule has 0 radical (unpaired) electrons. The molecule has 0 saturated carbocycles. The normalized spacial score (nSPS) is 28.7. The predicted molar refractivity (Wildman–Crippen MR) is 58.9 cm³/mol. The average Bonchev–Trinajstić information content (AvgIpc) is 2.19. The number of rotatable bonds is 1. The van der Waals surface area contributed by atoms with Crippen molar-refractivity contribution in [1.29, 1.82) is 0 Å². The Hall–Kier alpha value is -0.470. The zero-order valence-corrected chi connectivity index (χ0v) is 8.46. The molecule has 1 nitrogen and oxygen atoms in total. The molecule has 0 spiro atoms. The van der Waals surface area contributed by atoms with Gasteiger partial charge in [-0.2, -0.15) is 11.8 Å². The molecule has 2 N–H and O–H groups in total. The average molecular weight is 193 g/mol. The van der Waals surface area contributed by atoms with Crippen LogP contribution in [0.4, 0.5) is 0 Å². The van der Waals surface area contributed by atoms with Crippen molar-refractivity contribution in [1.82, 2.24) is 0 Å². The van der Waals surface area contributed by atoms with Gasteiger partial charge in [-0.1, -0.05) is 30.3 Å². The Morgan fingerprint density at radius 3 is 2.69 bits per heavy atom. The number of hydrogen-bond donors (Lipinski definition) is 1. The van der Waals surface area contributed by atoms with Crippen LogP contribution in [0.25, 0.3) is 0 Å². The summed E-state index contributed by atoms with van der Waals surface area (Å²) in [7, 11) is 0. The first kappa shape index (κ1) is 9.10. The van der Waals surface area contributed by atoms with Gasteiger partial charge in [-0.05, 0) is 24.2 Å². The first-order valence-electron chi connectivity index (χ1n) is 4.78. The fraction of sp³-hybridized carbons (Fsp3) is 0.455. The minimum atomic E-state index is 0.409. The highest BCUT2D eigenvalue weighted by atomic mass is 32.2. The molecule has 1 fully saturated rings. The van der Waals surface area contributed by atoms with Gasteiger partial charge in [0.25, 0.3) is 0 Å². The molecule has 0 aromatic heterocycles. The predicted octanol–water partition coefficient (Wildman–Crippen LogP) is 2.58. The molecule has 2 heteroatoms. The molecule has 1 aromatic carbocycles. The Morgan fingerprint density at radius 1 is 1.23 bits per heavy atom. The quantitative estimate of drug-likeness (QED) is 0.742. The second-order valence-electron chi connectivity index (χ2n) is 3.55. The van der Waals surface area contributed by atoms with E-state index in [1.807, 2.05) is 11.8 Å². The van der Waals surface area contributed by atoms with Crippen LogP contribution in [-0.2, 0) is 0 Å². The van der Waals surface area contributed by atoms with Gasteiger partial charge in [-0.3, -0.25) is 0 Å². The van der Waals surface area contributed by atoms with E-state index >= 15 is 0 Å². The summed E-state index contributed by atoms with van der Waals surface area (Å²) >= 11 is 2.04. The van der Waals surface area contributed by atoms with Gasteiger partial charge < -0.3 is 5.73 Å². The van der Waals surface area contributed by atoms with Crippen molar-refractivity contribution in [3.05, 3.63) is 35.9 Å². The van der Waals surface area contributed by atoms with E-state index in [4.69, 9.17) is 5.73 Å². The molecule has 1 aliphatic rings. The molecular formula is C11H15NS. The third kappa shape index (κ3) is 2.26. The Balaban J connectivity index is 2.08. The lowest BCUT2D eigenvalue weighted by Gasteiger charge is -2.26. The van der Waals surface area contributed by atoms with Crippen LogP contribution in [0.3, 0.4) is 0 Å². The highest BCUT2D eigenvalue weighted by Crippen LogP contribution is 2.37. The monoisotopic (exact) mass is 193 g/mol. The van der Waals surface area contributed by atoms with Crippen LogP contribution in [-0.4, -0.2) is 11.8 Å². The maximum absolute atomic E-state index is 5.95. The van der Waals surface area contributed by atoms with Gasteiger partial charge in [0.05, 0.1) is 0 Å². The number of benzene rings is 1. The fourth-order valence-electron chi connectivity index (χ4n) is 1.72. The molecule has 70 valence electrons. The van der Waals surface area contributed by atoms with Gasteiger partial charge in [-0.25, -0.2) is 0 Å². The minimum absolute atomic E-state index is 0.409. The molecule has 13 heavy (non-hydrogen) atoms. The summed E-state index contributed by atoms with van der Waals surface area (Å²) < 4.78 is 0. The highest BCUT2D eigenvalue weighted by molar-refractivity contribution is 7.99. The lowest BCUT2D eigenvalue weighted by molar-refractivity contribution is 0.575. The summed E-state index contributed by atoms with van der Waals surface area (Å²) in [4.78, 5) is 0. The van der Waals surface area contributed by atoms with E-state index in [2.05, 4.69) is 30.3 Å². The Kier molecular flexibility index (Phi) is 2.91. The maximum atomic E-state index is 5.95. The second-order valence-corrected chi connectivity index (χ2v) is 4.87. The van der Waals surface area contributed by atoms with Crippen molar-refractivity contribution in [2.24, 2.45) is 5.73 Å². The first-order valence-corrected chi connectivity index (χ1v) is 5.83. The van der Waals surface area contributed by atoms with Crippen LogP contribution in [0, 0.1) is 0 Å². The van der Waals surface area contributed by atoms with Crippen molar-refractivity contribution in [2.75, 3.05) is 5.75 Å². The van der Waals surface area contributed by atoms with E-state index in [1.165, 1.54) is 17.7 Å².